The van der Waals surface area contributed by atoms with E-state index in [1.165, 1.54) is 17.4 Å². The van der Waals surface area contributed by atoms with Crippen LogP contribution in [0.25, 0.3) is 0 Å². The Morgan fingerprint density at radius 1 is 1.35 bits per heavy atom. The van der Waals surface area contributed by atoms with Crippen molar-refractivity contribution in [3.63, 3.8) is 0 Å². The minimum atomic E-state index is -1.19. The normalized spacial score (nSPS) is 19.2. The maximum Gasteiger partial charge on any atom is 0.326 e. The van der Waals surface area contributed by atoms with Gasteiger partial charge in [0, 0.05) is 24.9 Å². The molecule has 0 radical (unpaired) electrons. The van der Waals surface area contributed by atoms with Gasteiger partial charge in [0.2, 0.25) is 17.7 Å². The van der Waals surface area contributed by atoms with Crippen LogP contribution in [0.1, 0.15) is 45.2 Å². The van der Waals surface area contributed by atoms with Crippen molar-refractivity contribution in [3.8, 4) is 0 Å². The number of nitrogens with one attached hydrogen (secondary N) is 3. The van der Waals surface area contributed by atoms with Gasteiger partial charge in [-0.1, -0.05) is 20.3 Å². The number of hydrogen-bond acceptors (Lipinski definition) is 7. The number of rotatable bonds is 13. The molecule has 1 fully saturated rings. The molecule has 0 aliphatic carbocycles. The highest BCUT2D eigenvalue weighted by Crippen LogP contribution is 2.20. The third-order valence-electron chi connectivity index (χ3n) is 6.18. The molecule has 190 valence electrons. The molecule has 34 heavy (non-hydrogen) atoms. The molecule has 0 spiro atoms. The van der Waals surface area contributed by atoms with E-state index in [0.29, 0.717) is 37.9 Å². The summed E-state index contributed by atoms with van der Waals surface area (Å²) in [5, 5.41) is 14.9. The minimum Gasteiger partial charge on any atom is -0.480 e. The Kier molecular flexibility index (Phi) is 10.8. The third kappa shape index (κ3) is 7.45. The quantitative estimate of drug-likeness (QED) is 0.256. The van der Waals surface area contributed by atoms with Crippen molar-refractivity contribution in [2.75, 3.05) is 18.6 Å². The standard InChI is InChI=1S/C22H36N6O5S/c1-4-13(2)18(20(30)26-16(22(32)33)10-14-11-24-12-25-14)27-19(29)17-6-5-8-28(17)21(31)15(23)7-9-34-3/h11-13,15-18H,4-10,23H2,1-3H3,(H,24,25)(H,26,30)(H,27,29)(H,32,33). The lowest BCUT2D eigenvalue weighted by Crippen LogP contribution is -2.58. The molecule has 1 aliphatic heterocycles. The number of likely N-dealkylation sites (tertiary alicyclic amines) is 1. The predicted octanol–water partition coefficient (Wildman–Crippen LogP) is 0.124. The van der Waals surface area contributed by atoms with E-state index >= 15 is 0 Å². The van der Waals surface area contributed by atoms with Crippen molar-refractivity contribution in [3.05, 3.63) is 18.2 Å². The van der Waals surface area contributed by atoms with Gasteiger partial charge in [0.15, 0.2) is 0 Å². The summed E-state index contributed by atoms with van der Waals surface area (Å²) in [6.45, 7) is 4.13. The van der Waals surface area contributed by atoms with Gasteiger partial charge in [0.25, 0.3) is 0 Å². The van der Waals surface area contributed by atoms with Gasteiger partial charge in [-0.25, -0.2) is 9.78 Å². The van der Waals surface area contributed by atoms with E-state index in [2.05, 4.69) is 20.6 Å². The summed E-state index contributed by atoms with van der Waals surface area (Å²) < 4.78 is 0. The molecule has 2 rings (SSSR count). The Morgan fingerprint density at radius 2 is 2.09 bits per heavy atom. The molecule has 11 nitrogen and oxygen atoms in total. The molecule has 6 N–H and O–H groups in total. The van der Waals surface area contributed by atoms with Crippen molar-refractivity contribution >= 4 is 35.5 Å². The fourth-order valence-corrected chi connectivity index (χ4v) is 4.40. The number of thioether (sulfide) groups is 1. The van der Waals surface area contributed by atoms with Gasteiger partial charge in [-0.05, 0) is 37.2 Å². The van der Waals surface area contributed by atoms with E-state index in [4.69, 9.17) is 5.73 Å². The SMILES string of the molecule is CCC(C)C(NC(=O)C1CCCN1C(=O)C(N)CCSC)C(=O)NC(Cc1cnc[nH]1)C(=O)O. The lowest BCUT2D eigenvalue weighted by molar-refractivity contribution is -0.143. The summed E-state index contributed by atoms with van der Waals surface area (Å²) in [5.74, 6) is -1.96. The first-order valence-corrected chi connectivity index (χ1v) is 12.9. The summed E-state index contributed by atoms with van der Waals surface area (Å²) in [6.07, 6.45) is 7.16. The van der Waals surface area contributed by atoms with Gasteiger partial charge in [0.1, 0.15) is 18.1 Å². The fourth-order valence-electron chi connectivity index (χ4n) is 3.91. The third-order valence-corrected chi connectivity index (χ3v) is 6.82. The number of H-pyrrole nitrogens is 1. The number of hydrogen-bond donors (Lipinski definition) is 5. The maximum absolute atomic E-state index is 13.1. The zero-order valence-corrected chi connectivity index (χ0v) is 20.8. The largest absolute Gasteiger partial charge is 0.480 e. The first kappa shape index (κ1) is 27.6. The molecule has 1 aromatic heterocycles. The number of aliphatic carboxylic acids is 1. The zero-order valence-electron chi connectivity index (χ0n) is 20.0. The summed E-state index contributed by atoms with van der Waals surface area (Å²) in [4.78, 5) is 58.9. The van der Waals surface area contributed by atoms with Gasteiger partial charge in [-0.15, -0.1) is 0 Å². The van der Waals surface area contributed by atoms with Crippen LogP contribution in [-0.4, -0.2) is 86.4 Å². The number of carbonyl (C=O) groups excluding carboxylic acids is 3. The first-order valence-electron chi connectivity index (χ1n) is 11.5. The summed E-state index contributed by atoms with van der Waals surface area (Å²) in [6, 6.07) is -3.50. The highest BCUT2D eigenvalue weighted by atomic mass is 32.2. The molecule has 12 heteroatoms. The molecule has 5 unspecified atom stereocenters. The smallest absolute Gasteiger partial charge is 0.326 e. The topological polar surface area (TPSA) is 171 Å². The van der Waals surface area contributed by atoms with Gasteiger partial charge >= 0.3 is 5.97 Å². The second kappa shape index (κ2) is 13.3. The molecular weight excluding hydrogens is 460 g/mol. The number of carboxylic acids is 1. The van der Waals surface area contributed by atoms with Crippen molar-refractivity contribution in [2.24, 2.45) is 11.7 Å². The van der Waals surface area contributed by atoms with Crippen molar-refractivity contribution in [1.82, 2.24) is 25.5 Å². The average Bonchev–Trinajstić information content (AvgIpc) is 3.51. The molecule has 0 bridgehead atoms. The zero-order chi connectivity index (χ0) is 25.3. The molecule has 1 aromatic rings. The molecular formula is C22H36N6O5S. The minimum absolute atomic E-state index is 0.0289. The number of imidazole rings is 1. The fraction of sp³-hybridized carbons (Fsp3) is 0.682. The molecule has 5 atom stereocenters. The van der Waals surface area contributed by atoms with Crippen LogP contribution in [0.15, 0.2) is 12.5 Å². The number of carboxylic acid groups (broad SMARTS) is 1. The van der Waals surface area contributed by atoms with Crippen LogP contribution in [-0.2, 0) is 25.6 Å². The Bertz CT molecular complexity index is 836. The van der Waals surface area contributed by atoms with E-state index < -0.39 is 42.0 Å². The second-order valence-corrected chi connectivity index (χ2v) is 9.62. The van der Waals surface area contributed by atoms with Crippen LogP contribution >= 0.6 is 11.8 Å². The van der Waals surface area contributed by atoms with Crippen LogP contribution in [0, 0.1) is 5.92 Å². The van der Waals surface area contributed by atoms with E-state index in [1.807, 2.05) is 20.1 Å². The van der Waals surface area contributed by atoms with Crippen LogP contribution in [0.2, 0.25) is 0 Å². The van der Waals surface area contributed by atoms with Crippen LogP contribution in [0.3, 0.4) is 0 Å². The van der Waals surface area contributed by atoms with Gasteiger partial charge in [-0.2, -0.15) is 11.8 Å². The molecule has 0 saturated carbocycles. The summed E-state index contributed by atoms with van der Waals surface area (Å²) >= 11 is 1.60. The van der Waals surface area contributed by atoms with E-state index in [-0.39, 0.29) is 18.2 Å². The molecule has 1 aliphatic rings. The maximum atomic E-state index is 13.1. The monoisotopic (exact) mass is 496 g/mol. The van der Waals surface area contributed by atoms with E-state index in [0.717, 1.165) is 5.75 Å². The van der Waals surface area contributed by atoms with Crippen molar-refractivity contribution < 1.29 is 24.3 Å². The van der Waals surface area contributed by atoms with Crippen LogP contribution in [0.5, 0.6) is 0 Å². The molecule has 0 aromatic carbocycles. The van der Waals surface area contributed by atoms with Gasteiger partial charge in [-0.3, -0.25) is 14.4 Å². The number of aromatic amines is 1. The van der Waals surface area contributed by atoms with E-state index in [9.17, 15) is 24.3 Å². The molecule has 2 heterocycles. The molecule has 1 saturated heterocycles. The summed E-state index contributed by atoms with van der Waals surface area (Å²) in [5.41, 5.74) is 6.60. The Morgan fingerprint density at radius 3 is 2.68 bits per heavy atom. The number of nitrogens with two attached hydrogens (primary N) is 1. The summed E-state index contributed by atoms with van der Waals surface area (Å²) in [7, 11) is 0. The number of carbonyl (C=O) groups is 4. The van der Waals surface area contributed by atoms with Gasteiger partial charge in [0.05, 0.1) is 12.4 Å². The van der Waals surface area contributed by atoms with Crippen molar-refractivity contribution in [1.29, 1.82) is 0 Å². The lowest BCUT2D eigenvalue weighted by Gasteiger charge is -2.30. The predicted molar refractivity (Wildman–Crippen MR) is 129 cm³/mol. The van der Waals surface area contributed by atoms with Crippen LogP contribution in [0.4, 0.5) is 0 Å². The van der Waals surface area contributed by atoms with Gasteiger partial charge < -0.3 is 31.4 Å². The second-order valence-electron chi connectivity index (χ2n) is 8.63. The average molecular weight is 497 g/mol. The number of nitrogens with zero attached hydrogens (tertiary/aromatic N) is 2. The number of aromatic nitrogens is 2. The Hall–Kier alpha value is -2.60. The lowest BCUT2D eigenvalue weighted by atomic mass is 9.97. The Balaban J connectivity index is 2.09. The molecule has 3 amide bonds. The first-order chi connectivity index (χ1) is 16.2. The highest BCUT2D eigenvalue weighted by molar-refractivity contribution is 7.98. The highest BCUT2D eigenvalue weighted by Gasteiger charge is 2.38. The van der Waals surface area contributed by atoms with Crippen molar-refractivity contribution in [2.45, 2.75) is 70.1 Å². The van der Waals surface area contributed by atoms with E-state index in [1.54, 1.807) is 11.8 Å². The van der Waals surface area contributed by atoms with Crippen LogP contribution < -0.4 is 16.4 Å². The number of amides is 3. The Labute approximate surface area is 204 Å².